The summed E-state index contributed by atoms with van der Waals surface area (Å²) in [6.45, 7) is -0.119. The molecule has 11 heteroatoms. The fraction of sp³-hybridized carbons (Fsp3) is 0.455. The summed E-state index contributed by atoms with van der Waals surface area (Å²) in [5, 5.41) is 12.5. The molecule has 1 aromatic carbocycles. The van der Waals surface area contributed by atoms with Gasteiger partial charge in [0.1, 0.15) is 5.69 Å². The predicted molar refractivity (Wildman–Crippen MR) is 107 cm³/mol. The second-order valence-corrected chi connectivity index (χ2v) is 8.05. The van der Waals surface area contributed by atoms with Crippen LogP contribution >= 0.6 is 0 Å². The lowest BCUT2D eigenvalue weighted by Crippen LogP contribution is -2.57. The Labute approximate surface area is 186 Å². The fourth-order valence-electron chi connectivity index (χ4n) is 3.79. The van der Waals surface area contributed by atoms with Crippen molar-refractivity contribution in [2.24, 2.45) is 0 Å². The summed E-state index contributed by atoms with van der Waals surface area (Å²) in [4.78, 5) is 17.9. The van der Waals surface area contributed by atoms with Crippen molar-refractivity contribution in [2.45, 2.75) is 43.3 Å². The van der Waals surface area contributed by atoms with Crippen molar-refractivity contribution < 1.29 is 36.2 Å². The first-order chi connectivity index (χ1) is 15.4. The number of benzene rings is 1. The average Bonchev–Trinajstić information content (AvgIpc) is 2.76. The van der Waals surface area contributed by atoms with E-state index in [1.54, 1.807) is 17.0 Å². The number of piperidine rings is 1. The highest BCUT2D eigenvalue weighted by molar-refractivity contribution is 5.92. The van der Waals surface area contributed by atoms with Crippen LogP contribution in [0.4, 0.5) is 26.3 Å². The number of aromatic nitrogens is 1. The van der Waals surface area contributed by atoms with E-state index >= 15 is 0 Å². The number of halogens is 6. The van der Waals surface area contributed by atoms with Crippen molar-refractivity contribution in [3.05, 3.63) is 65.5 Å². The molecule has 1 aliphatic heterocycles. The Morgan fingerprint density at radius 1 is 1.09 bits per heavy atom. The van der Waals surface area contributed by atoms with Gasteiger partial charge < -0.3 is 10.4 Å². The molecular formula is C22H23F6N3O2. The molecule has 0 aliphatic carbocycles. The maximum atomic E-state index is 13.1. The normalized spacial score (nSPS) is 18.0. The third kappa shape index (κ3) is 6.23. The fourth-order valence-corrected chi connectivity index (χ4v) is 3.79. The Morgan fingerprint density at radius 2 is 1.73 bits per heavy atom. The van der Waals surface area contributed by atoms with Gasteiger partial charge in [-0.3, -0.25) is 14.7 Å². The van der Waals surface area contributed by atoms with Gasteiger partial charge in [-0.25, -0.2) is 0 Å². The summed E-state index contributed by atoms with van der Waals surface area (Å²) in [5.74, 6) is -0.817. The van der Waals surface area contributed by atoms with Gasteiger partial charge in [-0.1, -0.05) is 30.3 Å². The van der Waals surface area contributed by atoms with Crippen LogP contribution in [0, 0.1) is 0 Å². The van der Waals surface area contributed by atoms with Crippen molar-refractivity contribution in [1.29, 1.82) is 0 Å². The number of likely N-dealkylation sites (tertiary alicyclic amines) is 1. The van der Waals surface area contributed by atoms with Crippen LogP contribution in [-0.2, 0) is 12.6 Å². The third-order valence-corrected chi connectivity index (χ3v) is 5.80. The topological polar surface area (TPSA) is 65.5 Å². The molecule has 180 valence electrons. The van der Waals surface area contributed by atoms with Gasteiger partial charge in [0.25, 0.3) is 5.91 Å². The van der Waals surface area contributed by atoms with E-state index in [0.717, 1.165) is 17.8 Å². The second kappa shape index (κ2) is 9.68. The lowest BCUT2D eigenvalue weighted by atomic mass is 9.89. The molecule has 1 fully saturated rings. The van der Waals surface area contributed by atoms with Crippen LogP contribution in [0.3, 0.4) is 0 Å². The minimum absolute atomic E-state index is 0.0178. The number of nitrogens with zero attached hydrogens (tertiary/aromatic N) is 2. The Kier molecular flexibility index (Phi) is 7.32. The number of carbonyl (C=O) groups excluding carboxylic acids is 1. The van der Waals surface area contributed by atoms with Crippen LogP contribution in [0.5, 0.6) is 0 Å². The molecule has 3 rings (SSSR count). The first-order valence-corrected chi connectivity index (χ1v) is 10.3. The molecule has 1 aliphatic rings. The molecule has 0 saturated carbocycles. The van der Waals surface area contributed by atoms with E-state index < -0.39 is 54.0 Å². The van der Waals surface area contributed by atoms with E-state index in [1.165, 1.54) is 0 Å². The minimum Gasteiger partial charge on any atom is -0.380 e. The third-order valence-electron chi connectivity index (χ3n) is 5.80. The molecule has 0 bridgehead atoms. The first kappa shape index (κ1) is 25.0. The molecule has 2 heterocycles. The van der Waals surface area contributed by atoms with Crippen molar-refractivity contribution >= 4 is 5.91 Å². The molecule has 1 atom stereocenters. The van der Waals surface area contributed by atoms with Crippen LogP contribution in [-0.4, -0.2) is 58.4 Å². The number of pyridine rings is 1. The van der Waals surface area contributed by atoms with E-state index in [1.807, 2.05) is 18.2 Å². The highest BCUT2D eigenvalue weighted by atomic mass is 19.4. The Balaban J connectivity index is 1.71. The highest BCUT2D eigenvalue weighted by Crippen LogP contribution is 2.38. The number of rotatable bonds is 6. The van der Waals surface area contributed by atoms with E-state index in [4.69, 9.17) is 0 Å². The summed E-state index contributed by atoms with van der Waals surface area (Å²) in [5.41, 5.74) is -3.30. The minimum atomic E-state index is -4.74. The average molecular weight is 475 g/mol. The summed E-state index contributed by atoms with van der Waals surface area (Å²) in [6, 6.07) is 10.0. The Morgan fingerprint density at radius 3 is 2.30 bits per heavy atom. The molecule has 0 radical (unpaired) electrons. The van der Waals surface area contributed by atoms with E-state index in [0.29, 0.717) is 12.5 Å². The zero-order chi connectivity index (χ0) is 24.3. The van der Waals surface area contributed by atoms with Crippen LogP contribution in [0.2, 0.25) is 0 Å². The summed E-state index contributed by atoms with van der Waals surface area (Å²) < 4.78 is 78.2. The van der Waals surface area contributed by atoms with Crippen molar-refractivity contribution in [1.82, 2.24) is 15.2 Å². The molecule has 1 amide bonds. The van der Waals surface area contributed by atoms with Crippen molar-refractivity contribution in [2.75, 3.05) is 19.6 Å². The Bertz CT molecular complexity index is 941. The van der Waals surface area contributed by atoms with Gasteiger partial charge in [0.2, 0.25) is 0 Å². The number of alkyl halides is 6. The van der Waals surface area contributed by atoms with Gasteiger partial charge in [0, 0.05) is 31.9 Å². The van der Waals surface area contributed by atoms with Gasteiger partial charge in [-0.05, 0) is 37.0 Å². The van der Waals surface area contributed by atoms with Gasteiger partial charge in [0.05, 0.1) is 5.56 Å². The molecule has 5 nitrogen and oxygen atoms in total. The smallest absolute Gasteiger partial charge is 0.380 e. The predicted octanol–water partition coefficient (Wildman–Crippen LogP) is 3.83. The van der Waals surface area contributed by atoms with Gasteiger partial charge in [-0.15, -0.1) is 0 Å². The van der Waals surface area contributed by atoms with E-state index in [9.17, 15) is 36.2 Å². The molecule has 1 aromatic heterocycles. The standard InChI is InChI=1S/C22H23F6N3O2/c23-21(24,25)16-6-9-29-18(13-16)19(32)30-14-17(12-15-4-2-1-3-5-15)31-10-7-20(33,8-11-31)22(26,27)28/h1-6,9,13,17,33H,7-8,10-12,14H2,(H,30,32). The van der Waals surface area contributed by atoms with Gasteiger partial charge in [-0.2, -0.15) is 26.3 Å². The number of amides is 1. The molecule has 2 aromatic rings. The largest absolute Gasteiger partial charge is 0.417 e. The SMILES string of the molecule is O=C(NCC(Cc1ccccc1)N1CCC(O)(C(F)(F)F)CC1)c1cc(C(F)(F)F)ccn1. The summed E-state index contributed by atoms with van der Waals surface area (Å²) in [6.07, 6.45) is -9.10. The highest BCUT2D eigenvalue weighted by Gasteiger charge is 2.54. The monoisotopic (exact) mass is 475 g/mol. The van der Waals surface area contributed by atoms with Crippen LogP contribution < -0.4 is 5.32 Å². The van der Waals surface area contributed by atoms with E-state index in [-0.39, 0.29) is 19.6 Å². The van der Waals surface area contributed by atoms with Crippen LogP contribution in [0.25, 0.3) is 0 Å². The molecule has 1 unspecified atom stereocenters. The van der Waals surface area contributed by atoms with Gasteiger partial charge in [0.15, 0.2) is 5.60 Å². The van der Waals surface area contributed by atoms with Crippen molar-refractivity contribution in [3.63, 3.8) is 0 Å². The summed E-state index contributed by atoms with van der Waals surface area (Å²) >= 11 is 0. The lowest BCUT2D eigenvalue weighted by Gasteiger charge is -2.42. The number of hydrogen-bond acceptors (Lipinski definition) is 4. The first-order valence-electron chi connectivity index (χ1n) is 10.3. The van der Waals surface area contributed by atoms with Crippen molar-refractivity contribution in [3.8, 4) is 0 Å². The molecular weight excluding hydrogens is 452 g/mol. The number of nitrogens with one attached hydrogen (secondary N) is 1. The summed E-state index contributed by atoms with van der Waals surface area (Å²) in [7, 11) is 0. The maximum Gasteiger partial charge on any atom is 0.417 e. The maximum absolute atomic E-state index is 13.1. The lowest BCUT2D eigenvalue weighted by molar-refractivity contribution is -0.273. The molecule has 0 spiro atoms. The zero-order valence-electron chi connectivity index (χ0n) is 17.5. The van der Waals surface area contributed by atoms with Crippen LogP contribution in [0.15, 0.2) is 48.7 Å². The van der Waals surface area contributed by atoms with E-state index in [2.05, 4.69) is 10.3 Å². The van der Waals surface area contributed by atoms with Crippen LogP contribution in [0.1, 0.15) is 34.5 Å². The molecule has 33 heavy (non-hydrogen) atoms. The Hall–Kier alpha value is -2.66. The number of aliphatic hydroxyl groups is 1. The zero-order valence-corrected chi connectivity index (χ0v) is 17.5. The molecule has 1 saturated heterocycles. The quantitative estimate of drug-likeness (QED) is 0.624. The molecule has 2 N–H and O–H groups in total. The number of hydrogen-bond donors (Lipinski definition) is 2. The second-order valence-electron chi connectivity index (χ2n) is 8.05. The number of carbonyl (C=O) groups is 1. The van der Waals surface area contributed by atoms with Gasteiger partial charge >= 0.3 is 12.4 Å².